The van der Waals surface area contributed by atoms with Gasteiger partial charge in [0.25, 0.3) is 6.43 Å². The van der Waals surface area contributed by atoms with E-state index in [0.717, 1.165) is 0 Å². The zero-order valence-corrected chi connectivity index (χ0v) is 8.00. The maximum Gasteiger partial charge on any atom is 0.354 e. The molecule has 0 atom stereocenters. The monoisotopic (exact) mass is 216 g/mol. The number of aromatic carboxylic acids is 1. The highest BCUT2D eigenvalue weighted by molar-refractivity contribution is 5.87. The van der Waals surface area contributed by atoms with Crippen molar-refractivity contribution in [3.63, 3.8) is 0 Å². The molecule has 6 heteroatoms. The van der Waals surface area contributed by atoms with Crippen molar-refractivity contribution in [2.75, 3.05) is 0 Å². The van der Waals surface area contributed by atoms with Crippen molar-refractivity contribution >= 4 is 5.97 Å². The third-order valence-corrected chi connectivity index (χ3v) is 1.95. The van der Waals surface area contributed by atoms with Gasteiger partial charge >= 0.3 is 5.97 Å². The number of hydrogen-bond donors (Lipinski definition) is 2. The molecule has 1 rings (SSSR count). The summed E-state index contributed by atoms with van der Waals surface area (Å²) >= 11 is 0. The standard InChI is InChI=1S/C9H10F2N2O2/c1-4-2-5(3-12)7(8(10)11)13-6(4)9(14)15/h2,8H,3,12H2,1H3,(H,14,15). The van der Waals surface area contributed by atoms with Crippen molar-refractivity contribution in [3.8, 4) is 0 Å². The zero-order chi connectivity index (χ0) is 11.6. The lowest BCUT2D eigenvalue weighted by atomic mass is 10.1. The number of carbonyl (C=O) groups is 1. The lowest BCUT2D eigenvalue weighted by Gasteiger charge is -2.09. The third kappa shape index (κ3) is 2.27. The van der Waals surface area contributed by atoms with Crippen LogP contribution in [0.25, 0.3) is 0 Å². The molecule has 0 saturated carbocycles. The molecule has 0 aliphatic rings. The summed E-state index contributed by atoms with van der Waals surface area (Å²) in [6.45, 7) is 1.40. The molecule has 15 heavy (non-hydrogen) atoms. The number of aromatic nitrogens is 1. The van der Waals surface area contributed by atoms with Gasteiger partial charge < -0.3 is 10.8 Å². The minimum absolute atomic E-state index is 0.0899. The van der Waals surface area contributed by atoms with E-state index in [4.69, 9.17) is 10.8 Å². The van der Waals surface area contributed by atoms with Crippen molar-refractivity contribution in [1.82, 2.24) is 4.98 Å². The van der Waals surface area contributed by atoms with E-state index >= 15 is 0 Å². The van der Waals surface area contributed by atoms with E-state index in [9.17, 15) is 13.6 Å². The van der Waals surface area contributed by atoms with Crippen LogP contribution in [-0.2, 0) is 6.54 Å². The molecule has 82 valence electrons. The van der Waals surface area contributed by atoms with Crippen molar-refractivity contribution in [2.24, 2.45) is 5.73 Å². The van der Waals surface area contributed by atoms with Gasteiger partial charge in [-0.25, -0.2) is 18.6 Å². The molecule has 0 fully saturated rings. The van der Waals surface area contributed by atoms with E-state index in [0.29, 0.717) is 5.56 Å². The van der Waals surface area contributed by atoms with Crippen LogP contribution < -0.4 is 5.73 Å². The molecule has 0 bridgehead atoms. The lowest BCUT2D eigenvalue weighted by Crippen LogP contribution is -2.11. The minimum Gasteiger partial charge on any atom is -0.477 e. The number of alkyl halides is 2. The maximum atomic E-state index is 12.5. The average molecular weight is 216 g/mol. The van der Waals surface area contributed by atoms with Crippen LogP contribution in [0.1, 0.15) is 33.7 Å². The number of halogens is 2. The Balaban J connectivity index is 3.37. The predicted octanol–water partition coefficient (Wildman–Crippen LogP) is 1.48. The van der Waals surface area contributed by atoms with Crippen molar-refractivity contribution in [2.45, 2.75) is 19.9 Å². The summed E-state index contributed by atoms with van der Waals surface area (Å²) in [5, 5.41) is 8.70. The Hall–Kier alpha value is -1.56. The molecule has 0 radical (unpaired) electrons. The Labute approximate surface area is 84.7 Å². The summed E-state index contributed by atoms with van der Waals surface area (Å²) in [6.07, 6.45) is -2.82. The van der Waals surface area contributed by atoms with Crippen LogP contribution >= 0.6 is 0 Å². The van der Waals surface area contributed by atoms with Gasteiger partial charge in [0.15, 0.2) is 5.69 Å². The quantitative estimate of drug-likeness (QED) is 0.802. The number of rotatable bonds is 3. The Kier molecular flexibility index (Phi) is 3.31. The van der Waals surface area contributed by atoms with Crippen molar-refractivity contribution < 1.29 is 18.7 Å². The number of aryl methyl sites for hydroxylation is 1. The number of nitrogens with two attached hydrogens (primary N) is 1. The molecule has 0 spiro atoms. The molecule has 3 N–H and O–H groups in total. The smallest absolute Gasteiger partial charge is 0.354 e. The summed E-state index contributed by atoms with van der Waals surface area (Å²) in [6, 6.07) is 1.33. The van der Waals surface area contributed by atoms with Crippen LogP contribution in [0.3, 0.4) is 0 Å². The Morgan fingerprint density at radius 3 is 2.67 bits per heavy atom. The van der Waals surface area contributed by atoms with E-state index in [2.05, 4.69) is 4.98 Å². The first-order valence-electron chi connectivity index (χ1n) is 4.19. The van der Waals surface area contributed by atoms with Crippen LogP contribution in [0.5, 0.6) is 0 Å². The molecule has 0 unspecified atom stereocenters. The molecular formula is C9H10F2N2O2. The van der Waals surface area contributed by atoms with Gasteiger partial charge in [0, 0.05) is 6.54 Å². The summed E-state index contributed by atoms with van der Waals surface area (Å²) in [5.41, 5.74) is 4.85. The van der Waals surface area contributed by atoms with Gasteiger partial charge in [0.05, 0.1) is 0 Å². The highest BCUT2D eigenvalue weighted by Gasteiger charge is 2.19. The number of pyridine rings is 1. The molecule has 0 amide bonds. The fourth-order valence-corrected chi connectivity index (χ4v) is 1.25. The second-order valence-electron chi connectivity index (χ2n) is 3.01. The highest BCUT2D eigenvalue weighted by atomic mass is 19.3. The fraction of sp³-hybridized carbons (Fsp3) is 0.333. The largest absolute Gasteiger partial charge is 0.477 e. The number of nitrogens with zero attached hydrogens (tertiary/aromatic N) is 1. The molecule has 1 aromatic rings. The van der Waals surface area contributed by atoms with Gasteiger partial charge in [0.1, 0.15) is 5.69 Å². The molecule has 0 aliphatic heterocycles. The molecule has 0 aromatic carbocycles. The van der Waals surface area contributed by atoms with Crippen LogP contribution in [-0.4, -0.2) is 16.1 Å². The van der Waals surface area contributed by atoms with Crippen molar-refractivity contribution in [3.05, 3.63) is 28.6 Å². The van der Waals surface area contributed by atoms with Crippen LogP contribution in [0.15, 0.2) is 6.07 Å². The highest BCUT2D eigenvalue weighted by Crippen LogP contribution is 2.22. The van der Waals surface area contributed by atoms with E-state index in [1.807, 2.05) is 0 Å². The van der Waals surface area contributed by atoms with E-state index in [1.54, 1.807) is 0 Å². The van der Waals surface area contributed by atoms with Gasteiger partial charge in [-0.15, -0.1) is 0 Å². The number of carboxylic acids is 1. The molecule has 0 aliphatic carbocycles. The Morgan fingerprint density at radius 2 is 2.27 bits per heavy atom. The third-order valence-electron chi connectivity index (χ3n) is 1.95. The summed E-state index contributed by atoms with van der Waals surface area (Å²) in [4.78, 5) is 14.1. The molecular weight excluding hydrogens is 206 g/mol. The van der Waals surface area contributed by atoms with E-state index in [1.165, 1.54) is 13.0 Å². The first-order chi connectivity index (χ1) is 6.97. The van der Waals surface area contributed by atoms with Crippen molar-refractivity contribution in [1.29, 1.82) is 0 Å². The molecule has 1 heterocycles. The van der Waals surface area contributed by atoms with Gasteiger partial charge in [-0.3, -0.25) is 0 Å². The average Bonchev–Trinajstić information content (AvgIpc) is 2.16. The van der Waals surface area contributed by atoms with Gasteiger partial charge in [-0.2, -0.15) is 0 Å². The second-order valence-corrected chi connectivity index (χ2v) is 3.01. The number of hydrogen-bond acceptors (Lipinski definition) is 3. The normalized spacial score (nSPS) is 10.7. The first kappa shape index (κ1) is 11.5. The minimum atomic E-state index is -2.82. The molecule has 4 nitrogen and oxygen atoms in total. The Bertz CT molecular complexity index is 394. The van der Waals surface area contributed by atoms with E-state index < -0.39 is 18.1 Å². The van der Waals surface area contributed by atoms with Gasteiger partial charge in [-0.1, -0.05) is 6.07 Å². The van der Waals surface area contributed by atoms with E-state index in [-0.39, 0.29) is 17.8 Å². The van der Waals surface area contributed by atoms with Gasteiger partial charge in [0.2, 0.25) is 0 Å². The van der Waals surface area contributed by atoms with Gasteiger partial charge in [-0.05, 0) is 18.1 Å². The molecule has 0 saturated heterocycles. The fourth-order valence-electron chi connectivity index (χ4n) is 1.25. The summed E-state index contributed by atoms with van der Waals surface area (Å²) < 4.78 is 25.0. The van der Waals surface area contributed by atoms with Crippen LogP contribution in [0.4, 0.5) is 8.78 Å². The summed E-state index contributed by atoms with van der Waals surface area (Å²) in [7, 11) is 0. The Morgan fingerprint density at radius 1 is 1.67 bits per heavy atom. The predicted molar refractivity (Wildman–Crippen MR) is 48.8 cm³/mol. The van der Waals surface area contributed by atoms with Crippen LogP contribution in [0, 0.1) is 6.92 Å². The number of carboxylic acid groups (broad SMARTS) is 1. The molecule has 1 aromatic heterocycles. The summed E-state index contributed by atoms with van der Waals surface area (Å²) in [5.74, 6) is -1.32. The van der Waals surface area contributed by atoms with Crippen LogP contribution in [0.2, 0.25) is 0 Å². The zero-order valence-electron chi connectivity index (χ0n) is 8.00. The first-order valence-corrected chi connectivity index (χ1v) is 4.19. The topological polar surface area (TPSA) is 76.2 Å². The lowest BCUT2D eigenvalue weighted by molar-refractivity contribution is 0.0687. The SMILES string of the molecule is Cc1cc(CN)c(C(F)F)nc1C(=O)O. The second kappa shape index (κ2) is 4.31. The maximum absolute atomic E-state index is 12.5.